The van der Waals surface area contributed by atoms with E-state index in [1.165, 1.54) is 0 Å². The zero-order valence-electron chi connectivity index (χ0n) is 11.5. The molecule has 0 aliphatic heterocycles. The molecule has 0 saturated heterocycles. The van der Waals surface area contributed by atoms with Crippen molar-refractivity contribution in [1.82, 2.24) is 5.32 Å². The van der Waals surface area contributed by atoms with Gasteiger partial charge >= 0.3 is 12.3 Å². The number of hydrogen-bond acceptors (Lipinski definition) is 3. The summed E-state index contributed by atoms with van der Waals surface area (Å²) in [5.74, 6) is 0. The molecule has 1 amide bonds. The Bertz CT molecular complexity index is 564. The van der Waals surface area contributed by atoms with Gasteiger partial charge in [0.2, 0.25) is 3.79 Å². The van der Waals surface area contributed by atoms with E-state index in [9.17, 15) is 18.0 Å². The van der Waals surface area contributed by atoms with Crippen molar-refractivity contribution >= 4 is 58.2 Å². The van der Waals surface area contributed by atoms with Gasteiger partial charge in [0.15, 0.2) is 0 Å². The first kappa shape index (κ1) is 20.3. The summed E-state index contributed by atoms with van der Waals surface area (Å²) in [5, 5.41) is 4.58. The van der Waals surface area contributed by atoms with Gasteiger partial charge in [0.1, 0.15) is 6.17 Å². The standard InChI is InChI=1S/C12H11Cl4F3N2O2/c1-2-23-10(22)21-9(11(14,15)16)20-8-5-6(12(17,18)19)3-4-7(8)13/h3-5,9,20H,2H2,1H3,(H,21,22). The maximum atomic E-state index is 12.7. The van der Waals surface area contributed by atoms with E-state index in [0.29, 0.717) is 0 Å². The largest absolute Gasteiger partial charge is 0.450 e. The quantitative estimate of drug-likeness (QED) is 0.526. The summed E-state index contributed by atoms with van der Waals surface area (Å²) in [7, 11) is 0. The molecule has 0 saturated carbocycles. The predicted molar refractivity (Wildman–Crippen MR) is 84.3 cm³/mol. The van der Waals surface area contributed by atoms with Gasteiger partial charge in [-0.05, 0) is 25.1 Å². The summed E-state index contributed by atoms with van der Waals surface area (Å²) in [6, 6.07) is 2.57. The summed E-state index contributed by atoms with van der Waals surface area (Å²) >= 11 is 23.0. The van der Waals surface area contributed by atoms with Crippen LogP contribution in [0.4, 0.5) is 23.7 Å². The number of halogens is 7. The van der Waals surface area contributed by atoms with Crippen LogP contribution in [0.25, 0.3) is 0 Å². The molecule has 0 radical (unpaired) electrons. The van der Waals surface area contributed by atoms with Gasteiger partial charge in [-0.3, -0.25) is 5.32 Å². The minimum atomic E-state index is -4.58. The van der Waals surface area contributed by atoms with Crippen LogP contribution in [0, 0.1) is 0 Å². The molecule has 0 aliphatic carbocycles. The third kappa shape index (κ3) is 6.33. The fraction of sp³-hybridized carbons (Fsp3) is 0.417. The molecule has 0 aliphatic rings. The number of carbonyl (C=O) groups excluding carboxylic acids is 1. The van der Waals surface area contributed by atoms with Crippen molar-refractivity contribution in [3.05, 3.63) is 28.8 Å². The molecule has 0 aromatic heterocycles. The van der Waals surface area contributed by atoms with Crippen molar-refractivity contribution in [2.45, 2.75) is 23.1 Å². The van der Waals surface area contributed by atoms with Gasteiger partial charge in [-0.25, -0.2) is 4.79 Å². The van der Waals surface area contributed by atoms with E-state index < -0.39 is 27.8 Å². The average Bonchev–Trinajstić information content (AvgIpc) is 2.38. The van der Waals surface area contributed by atoms with Crippen molar-refractivity contribution in [2.24, 2.45) is 0 Å². The number of amides is 1. The lowest BCUT2D eigenvalue weighted by molar-refractivity contribution is -0.137. The van der Waals surface area contributed by atoms with E-state index in [0.717, 1.165) is 18.2 Å². The average molecular weight is 414 g/mol. The monoisotopic (exact) mass is 412 g/mol. The van der Waals surface area contributed by atoms with Crippen LogP contribution in [-0.2, 0) is 10.9 Å². The van der Waals surface area contributed by atoms with Crippen LogP contribution in [0.2, 0.25) is 5.02 Å². The van der Waals surface area contributed by atoms with Crippen molar-refractivity contribution in [2.75, 3.05) is 11.9 Å². The Balaban J connectivity index is 3.06. The minimum Gasteiger partial charge on any atom is -0.450 e. The first-order chi connectivity index (χ1) is 10.4. The van der Waals surface area contributed by atoms with E-state index in [1.54, 1.807) is 6.92 Å². The van der Waals surface area contributed by atoms with Gasteiger partial charge in [0, 0.05) is 0 Å². The van der Waals surface area contributed by atoms with E-state index >= 15 is 0 Å². The summed E-state index contributed by atoms with van der Waals surface area (Å²) in [6.07, 6.45) is -6.88. The van der Waals surface area contributed by atoms with Gasteiger partial charge in [-0.1, -0.05) is 46.4 Å². The lowest BCUT2D eigenvalue weighted by atomic mass is 10.2. The Labute approximate surface area is 150 Å². The summed E-state index contributed by atoms with van der Waals surface area (Å²) in [6.45, 7) is 1.61. The molecular formula is C12H11Cl4F3N2O2. The molecule has 0 fully saturated rings. The van der Waals surface area contributed by atoms with E-state index in [-0.39, 0.29) is 17.3 Å². The molecule has 23 heavy (non-hydrogen) atoms. The third-order valence-electron chi connectivity index (χ3n) is 2.46. The fourth-order valence-electron chi connectivity index (χ4n) is 1.46. The second-order valence-corrected chi connectivity index (χ2v) is 6.95. The van der Waals surface area contributed by atoms with Crippen LogP contribution in [0.1, 0.15) is 12.5 Å². The normalized spacial score (nSPS) is 13.4. The molecule has 0 heterocycles. The van der Waals surface area contributed by atoms with Crippen molar-refractivity contribution in [1.29, 1.82) is 0 Å². The number of alkyl carbamates (subject to hydrolysis) is 1. The number of carbonyl (C=O) groups is 1. The lowest BCUT2D eigenvalue weighted by Gasteiger charge is -2.27. The topological polar surface area (TPSA) is 50.4 Å². The highest BCUT2D eigenvalue weighted by atomic mass is 35.6. The second kappa shape index (κ2) is 7.88. The number of alkyl halides is 6. The van der Waals surface area contributed by atoms with E-state index in [2.05, 4.69) is 15.4 Å². The SMILES string of the molecule is CCOC(=O)NC(Nc1cc(C(F)(F)F)ccc1Cl)C(Cl)(Cl)Cl. The Morgan fingerprint density at radius 1 is 1.30 bits per heavy atom. The summed E-state index contributed by atoms with van der Waals surface area (Å²) in [5.41, 5.74) is -1.13. The highest BCUT2D eigenvalue weighted by molar-refractivity contribution is 6.68. The van der Waals surface area contributed by atoms with Gasteiger partial charge in [0.25, 0.3) is 0 Å². The summed E-state index contributed by atoms with van der Waals surface area (Å²) in [4.78, 5) is 11.4. The van der Waals surface area contributed by atoms with E-state index in [1.807, 2.05) is 0 Å². The summed E-state index contributed by atoms with van der Waals surface area (Å²) < 4.78 is 40.8. The number of hydrogen-bond donors (Lipinski definition) is 2. The van der Waals surface area contributed by atoms with Gasteiger partial charge in [-0.2, -0.15) is 13.2 Å². The molecule has 130 valence electrons. The zero-order chi connectivity index (χ0) is 17.8. The zero-order valence-corrected chi connectivity index (χ0v) is 14.5. The smallest absolute Gasteiger partial charge is 0.416 e. The van der Waals surface area contributed by atoms with Crippen LogP contribution in [-0.4, -0.2) is 22.7 Å². The molecule has 1 aromatic carbocycles. The Morgan fingerprint density at radius 3 is 2.39 bits per heavy atom. The van der Waals surface area contributed by atoms with Crippen molar-refractivity contribution in [3.8, 4) is 0 Å². The number of benzene rings is 1. The molecule has 0 bridgehead atoms. The highest BCUT2D eigenvalue weighted by Crippen LogP contribution is 2.36. The van der Waals surface area contributed by atoms with Crippen LogP contribution in [0.5, 0.6) is 0 Å². The van der Waals surface area contributed by atoms with Crippen molar-refractivity contribution < 1.29 is 22.7 Å². The number of ether oxygens (including phenoxy) is 1. The van der Waals surface area contributed by atoms with Gasteiger partial charge in [0.05, 0.1) is 22.9 Å². The fourth-order valence-corrected chi connectivity index (χ4v) is 1.96. The lowest BCUT2D eigenvalue weighted by Crippen LogP contribution is -2.49. The van der Waals surface area contributed by atoms with Crippen LogP contribution in [0.3, 0.4) is 0 Å². The first-order valence-corrected chi connectivity index (χ1v) is 7.59. The molecule has 1 aromatic rings. The van der Waals surface area contributed by atoms with Crippen molar-refractivity contribution in [3.63, 3.8) is 0 Å². The Morgan fingerprint density at radius 2 is 1.91 bits per heavy atom. The third-order valence-corrected chi connectivity index (χ3v) is 3.44. The number of nitrogens with one attached hydrogen (secondary N) is 2. The van der Waals surface area contributed by atoms with Gasteiger partial charge < -0.3 is 10.1 Å². The van der Waals surface area contributed by atoms with Gasteiger partial charge in [-0.15, -0.1) is 0 Å². The Kier molecular flexibility index (Phi) is 6.95. The second-order valence-electron chi connectivity index (χ2n) is 4.18. The maximum absolute atomic E-state index is 12.7. The van der Waals surface area contributed by atoms with E-state index in [4.69, 9.17) is 46.4 Å². The molecule has 1 rings (SSSR count). The molecule has 4 nitrogen and oxygen atoms in total. The number of rotatable bonds is 4. The number of anilines is 1. The molecule has 11 heteroatoms. The minimum absolute atomic E-state index is 0.0529. The molecular weight excluding hydrogens is 403 g/mol. The predicted octanol–water partition coefficient (Wildman–Crippen LogP) is 5.21. The molecule has 2 N–H and O–H groups in total. The molecule has 1 atom stereocenters. The highest BCUT2D eigenvalue weighted by Gasteiger charge is 2.36. The first-order valence-electron chi connectivity index (χ1n) is 6.08. The Hall–Kier alpha value is -0.760. The van der Waals surface area contributed by atoms with Crippen LogP contribution in [0.15, 0.2) is 18.2 Å². The molecule has 0 spiro atoms. The van der Waals surface area contributed by atoms with Crippen LogP contribution >= 0.6 is 46.4 Å². The molecule has 1 unspecified atom stereocenters. The maximum Gasteiger partial charge on any atom is 0.416 e. The van der Waals surface area contributed by atoms with Crippen LogP contribution < -0.4 is 10.6 Å².